The summed E-state index contributed by atoms with van der Waals surface area (Å²) in [4.78, 5) is 12.8. The molecule has 1 fully saturated rings. The summed E-state index contributed by atoms with van der Waals surface area (Å²) in [6.45, 7) is 9.28. The van der Waals surface area contributed by atoms with Gasteiger partial charge in [0.25, 0.3) is 0 Å². The number of hydrogen-bond donors (Lipinski definition) is 1. The van der Waals surface area contributed by atoms with Gasteiger partial charge >= 0.3 is 0 Å². The number of nitrogens with zero attached hydrogens (tertiary/aromatic N) is 3. The third-order valence-electron chi connectivity index (χ3n) is 3.79. The van der Waals surface area contributed by atoms with E-state index in [2.05, 4.69) is 21.7 Å². The molecule has 2 atom stereocenters. The van der Waals surface area contributed by atoms with Crippen LogP contribution in [0.3, 0.4) is 0 Å². The summed E-state index contributed by atoms with van der Waals surface area (Å²) < 4.78 is 2.18. The summed E-state index contributed by atoms with van der Waals surface area (Å²) in [5.41, 5.74) is 0. The van der Waals surface area contributed by atoms with Gasteiger partial charge in [0.2, 0.25) is 0 Å². The molecular formula is C13H23N4OS+. The Morgan fingerprint density at radius 3 is 3.00 bits per heavy atom. The van der Waals surface area contributed by atoms with E-state index >= 15 is 0 Å². The second kappa shape index (κ2) is 6.52. The number of likely N-dealkylation sites (tertiary alicyclic amines) is 1. The van der Waals surface area contributed by atoms with Crippen molar-refractivity contribution in [2.75, 3.05) is 18.8 Å². The van der Waals surface area contributed by atoms with Gasteiger partial charge in [-0.3, -0.25) is 4.79 Å². The Kier molecular flexibility index (Phi) is 4.99. The van der Waals surface area contributed by atoms with Crippen LogP contribution in [0.4, 0.5) is 0 Å². The van der Waals surface area contributed by atoms with Gasteiger partial charge in [-0.05, 0) is 20.8 Å². The van der Waals surface area contributed by atoms with Crippen LogP contribution in [0.25, 0.3) is 0 Å². The number of aryl methyl sites for hydroxylation is 1. The number of aromatic nitrogens is 3. The predicted octanol–water partition coefficient (Wildman–Crippen LogP) is 0.335. The van der Waals surface area contributed by atoms with Gasteiger partial charge in [0.15, 0.2) is 5.16 Å². The van der Waals surface area contributed by atoms with Crippen LogP contribution in [0.5, 0.6) is 0 Å². The molecule has 1 aromatic heterocycles. The Morgan fingerprint density at radius 2 is 2.32 bits per heavy atom. The fraction of sp³-hybridized carbons (Fsp3) is 0.769. The van der Waals surface area contributed by atoms with Gasteiger partial charge in [0, 0.05) is 12.8 Å². The molecule has 0 bridgehead atoms. The summed E-state index contributed by atoms with van der Waals surface area (Å²) in [6, 6.07) is 0.663. The molecule has 2 heterocycles. The first kappa shape index (κ1) is 14.5. The topological polar surface area (TPSA) is 52.2 Å². The lowest BCUT2D eigenvalue weighted by Crippen LogP contribution is -3.13. The predicted molar refractivity (Wildman–Crippen MR) is 75.6 cm³/mol. The molecule has 1 unspecified atom stereocenters. The van der Waals surface area contributed by atoms with Crippen LogP contribution in [-0.2, 0) is 11.3 Å². The molecule has 1 N–H and O–H groups in total. The number of Topliss-reactive ketones (excluding diaryl/α,β-unsaturated/α-hetero) is 1. The fourth-order valence-corrected chi connectivity index (χ4v) is 3.53. The van der Waals surface area contributed by atoms with E-state index in [1.165, 1.54) is 37.7 Å². The number of nitrogens with one attached hydrogen (secondary N) is 1. The van der Waals surface area contributed by atoms with Crippen LogP contribution < -0.4 is 4.90 Å². The largest absolute Gasteiger partial charge is 0.331 e. The first-order valence-electron chi connectivity index (χ1n) is 6.98. The van der Waals surface area contributed by atoms with E-state index in [-0.39, 0.29) is 5.78 Å². The maximum atomic E-state index is 11.1. The van der Waals surface area contributed by atoms with E-state index in [1.54, 1.807) is 11.8 Å². The van der Waals surface area contributed by atoms with Gasteiger partial charge in [0.1, 0.15) is 17.6 Å². The lowest BCUT2D eigenvalue weighted by atomic mass is 10.2. The molecule has 0 amide bonds. The Labute approximate surface area is 118 Å². The Morgan fingerprint density at radius 1 is 1.53 bits per heavy atom. The summed E-state index contributed by atoms with van der Waals surface area (Å²) >= 11 is 1.50. The minimum atomic E-state index is 0.180. The molecule has 19 heavy (non-hydrogen) atoms. The fourth-order valence-electron chi connectivity index (χ4n) is 2.73. The first-order valence-corrected chi connectivity index (χ1v) is 7.97. The highest BCUT2D eigenvalue weighted by Crippen LogP contribution is 2.18. The maximum Gasteiger partial charge on any atom is 0.191 e. The van der Waals surface area contributed by atoms with Crippen LogP contribution in [0.1, 0.15) is 32.5 Å². The summed E-state index contributed by atoms with van der Waals surface area (Å²) in [5.74, 6) is 1.61. The lowest BCUT2D eigenvalue weighted by Gasteiger charge is -2.21. The van der Waals surface area contributed by atoms with E-state index in [0.29, 0.717) is 11.8 Å². The molecule has 1 aromatic rings. The van der Waals surface area contributed by atoms with E-state index in [4.69, 9.17) is 0 Å². The van der Waals surface area contributed by atoms with Crippen LogP contribution >= 0.6 is 11.8 Å². The first-order chi connectivity index (χ1) is 9.11. The molecule has 0 spiro atoms. The zero-order valence-electron chi connectivity index (χ0n) is 12.0. The van der Waals surface area contributed by atoms with Crippen molar-refractivity contribution in [2.24, 2.45) is 0 Å². The number of carbonyl (C=O) groups is 1. The van der Waals surface area contributed by atoms with Gasteiger partial charge in [-0.1, -0.05) is 11.8 Å². The van der Waals surface area contributed by atoms with Crippen LogP contribution in [0, 0.1) is 6.92 Å². The molecule has 0 saturated carbocycles. The Balaban J connectivity index is 2.06. The second-order valence-electron chi connectivity index (χ2n) is 5.23. The van der Waals surface area contributed by atoms with Crippen molar-refractivity contribution in [1.82, 2.24) is 14.8 Å². The molecule has 106 valence electrons. The standard InChI is InChI=1S/C13H22N4OS/c1-4-16-7-5-6-12(16)8-17-11(3)14-15-13(17)19-9-10(2)18/h12H,4-9H2,1-3H3/p+1/t12-/m1/s1. The molecular weight excluding hydrogens is 260 g/mol. The minimum Gasteiger partial charge on any atom is -0.331 e. The lowest BCUT2D eigenvalue weighted by molar-refractivity contribution is -0.911. The molecule has 5 nitrogen and oxygen atoms in total. The molecule has 1 aliphatic heterocycles. The minimum absolute atomic E-state index is 0.180. The summed E-state index contributed by atoms with van der Waals surface area (Å²) in [7, 11) is 0. The van der Waals surface area contributed by atoms with Crippen LogP contribution in [-0.4, -0.2) is 45.4 Å². The quantitative estimate of drug-likeness (QED) is 0.765. The molecule has 0 aromatic carbocycles. The number of hydrogen-bond acceptors (Lipinski definition) is 4. The highest BCUT2D eigenvalue weighted by Gasteiger charge is 2.28. The number of likely N-dealkylation sites (N-methyl/N-ethyl adjacent to an activating group) is 1. The normalized spacial score (nSPS) is 22.9. The number of rotatable bonds is 6. The van der Waals surface area contributed by atoms with Gasteiger partial charge < -0.3 is 9.47 Å². The van der Waals surface area contributed by atoms with Gasteiger partial charge in [-0.2, -0.15) is 0 Å². The molecule has 6 heteroatoms. The SMILES string of the molecule is CC[NH+]1CCC[C@@H]1Cn1c(C)nnc1SCC(C)=O. The zero-order valence-corrected chi connectivity index (χ0v) is 12.8. The van der Waals surface area contributed by atoms with Crippen LogP contribution in [0.2, 0.25) is 0 Å². The van der Waals surface area contributed by atoms with E-state index in [0.717, 1.165) is 17.5 Å². The van der Waals surface area contributed by atoms with E-state index in [9.17, 15) is 4.79 Å². The van der Waals surface area contributed by atoms with Crippen molar-refractivity contribution < 1.29 is 9.69 Å². The molecule has 1 aliphatic rings. The Hall–Kier alpha value is -0.880. The monoisotopic (exact) mass is 283 g/mol. The van der Waals surface area contributed by atoms with Crippen molar-refractivity contribution in [3.8, 4) is 0 Å². The Bertz CT molecular complexity index is 446. The highest BCUT2D eigenvalue weighted by atomic mass is 32.2. The average molecular weight is 283 g/mol. The molecule has 0 aliphatic carbocycles. The second-order valence-corrected chi connectivity index (χ2v) is 6.17. The molecule has 0 radical (unpaired) electrons. The average Bonchev–Trinajstić information content (AvgIpc) is 2.96. The maximum absolute atomic E-state index is 11.1. The van der Waals surface area contributed by atoms with Gasteiger partial charge in [-0.15, -0.1) is 10.2 Å². The zero-order chi connectivity index (χ0) is 13.8. The number of carbonyl (C=O) groups excluding carboxylic acids is 1. The van der Waals surface area contributed by atoms with Crippen molar-refractivity contribution in [1.29, 1.82) is 0 Å². The van der Waals surface area contributed by atoms with Crippen LogP contribution in [0.15, 0.2) is 5.16 Å². The smallest absolute Gasteiger partial charge is 0.191 e. The van der Waals surface area contributed by atoms with Crippen molar-refractivity contribution >= 4 is 17.5 Å². The number of thioether (sulfide) groups is 1. The summed E-state index contributed by atoms with van der Waals surface area (Å²) in [6.07, 6.45) is 2.59. The van der Waals surface area contributed by atoms with Crippen molar-refractivity contribution in [2.45, 2.75) is 51.4 Å². The molecule has 1 saturated heterocycles. The number of quaternary nitrogens is 1. The van der Waals surface area contributed by atoms with Gasteiger partial charge in [0.05, 0.1) is 25.4 Å². The van der Waals surface area contributed by atoms with E-state index < -0.39 is 0 Å². The third-order valence-corrected chi connectivity index (χ3v) is 4.90. The van der Waals surface area contributed by atoms with Crippen molar-refractivity contribution in [3.63, 3.8) is 0 Å². The number of ketones is 1. The molecule has 2 rings (SSSR count). The van der Waals surface area contributed by atoms with Crippen molar-refractivity contribution in [3.05, 3.63) is 5.82 Å². The van der Waals surface area contributed by atoms with E-state index in [1.807, 2.05) is 6.92 Å². The summed E-state index contributed by atoms with van der Waals surface area (Å²) in [5, 5.41) is 9.24. The third kappa shape index (κ3) is 3.57. The van der Waals surface area contributed by atoms with Gasteiger partial charge in [-0.25, -0.2) is 0 Å². The highest BCUT2D eigenvalue weighted by molar-refractivity contribution is 7.99.